The number of nitrogens with one attached hydrogen (secondary N) is 1. The minimum absolute atomic E-state index is 0.162. The molecule has 0 saturated carbocycles. The van der Waals surface area contributed by atoms with Crippen LogP contribution in [0.5, 0.6) is 34.5 Å². The molecule has 0 aliphatic rings. The Kier molecular flexibility index (Phi) is 14.4. The molecular weight excluding hydrogens is 898 g/mol. The number of Topliss-reactive ketones (excluding diaryl/α,β-unsaturated/α-hetero) is 1. The van der Waals surface area contributed by atoms with Gasteiger partial charge in [-0.15, -0.1) is 0 Å². The summed E-state index contributed by atoms with van der Waals surface area (Å²) in [7, 11) is 10.5. The van der Waals surface area contributed by atoms with Gasteiger partial charge in [0.1, 0.15) is 11.0 Å². The first-order valence-corrected chi connectivity index (χ1v) is 22.5. The van der Waals surface area contributed by atoms with Crippen LogP contribution in [0.3, 0.4) is 0 Å². The first kappa shape index (κ1) is 45.6. The molecule has 0 saturated heterocycles. The predicted molar refractivity (Wildman–Crippen MR) is 244 cm³/mol. The van der Waals surface area contributed by atoms with Crippen molar-refractivity contribution < 1.29 is 38.0 Å². The second-order valence-electron chi connectivity index (χ2n) is 15.1. The van der Waals surface area contributed by atoms with E-state index in [0.717, 1.165) is 26.0 Å². The van der Waals surface area contributed by atoms with Crippen LogP contribution in [0.2, 0.25) is 16.6 Å². The lowest BCUT2D eigenvalue weighted by Crippen LogP contribution is -2.51. The molecule has 4 heterocycles. The number of halogens is 1. The van der Waals surface area contributed by atoms with Crippen molar-refractivity contribution in [3.63, 3.8) is 0 Å². The Bertz CT molecular complexity index is 2440. The molecule has 0 atom stereocenters. The Morgan fingerprint density at radius 1 is 0.683 bits per heavy atom. The Morgan fingerprint density at radius 3 is 1.52 bits per heavy atom. The highest BCUT2D eigenvalue weighted by atomic mass is 127. The lowest BCUT2D eigenvalue weighted by molar-refractivity contribution is -0.124. The smallest absolute Gasteiger partial charge is 0.294 e. The van der Waals surface area contributed by atoms with E-state index in [-0.39, 0.29) is 5.56 Å². The fraction of sp³-hybridized carbons (Fsp3) is 0.395. The van der Waals surface area contributed by atoms with Crippen LogP contribution in [-0.4, -0.2) is 111 Å². The van der Waals surface area contributed by atoms with Crippen molar-refractivity contribution in [3.05, 3.63) is 58.2 Å². The summed E-state index contributed by atoms with van der Waals surface area (Å²) in [5, 5.41) is 0. The van der Waals surface area contributed by atoms with Gasteiger partial charge in [0.2, 0.25) is 11.5 Å². The lowest BCUT2D eigenvalue weighted by Gasteiger charge is -2.44. The third-order valence-corrected chi connectivity index (χ3v) is 18.3. The minimum atomic E-state index is -1.93. The minimum Gasteiger partial charge on any atom is -0.493 e. The number of aromatic amines is 1. The van der Waals surface area contributed by atoms with E-state index in [9.17, 15) is 9.59 Å². The van der Waals surface area contributed by atoms with Crippen LogP contribution in [0.15, 0.2) is 49.1 Å². The summed E-state index contributed by atoms with van der Waals surface area (Å²) in [5.41, 5.74) is 7.31. The highest BCUT2D eigenvalue weighted by Crippen LogP contribution is 2.46. The van der Waals surface area contributed by atoms with E-state index in [2.05, 4.69) is 89.5 Å². The number of ether oxygens (including phenoxy) is 6. The molecule has 0 bridgehead atoms. The average Bonchev–Trinajstić information content (AvgIpc) is 3.81. The first-order chi connectivity index (χ1) is 28.5. The number of amides is 1. The summed E-state index contributed by atoms with van der Waals surface area (Å²) in [4.78, 5) is 47.4. The maximum Gasteiger partial charge on any atom is 0.294 e. The number of nitrogens with zero attached hydrogens (tertiary/aromatic N) is 6. The maximum absolute atomic E-state index is 12.5. The largest absolute Gasteiger partial charge is 0.493 e. The van der Waals surface area contributed by atoms with Crippen LogP contribution >= 0.6 is 22.6 Å². The first-order valence-electron chi connectivity index (χ1n) is 19.3. The Morgan fingerprint density at radius 2 is 1.12 bits per heavy atom. The van der Waals surface area contributed by atoms with Gasteiger partial charge >= 0.3 is 0 Å². The van der Waals surface area contributed by atoms with Gasteiger partial charge in [-0.2, -0.15) is 0 Å². The molecule has 320 valence electrons. The van der Waals surface area contributed by atoms with Gasteiger partial charge < -0.3 is 42.5 Å². The number of aromatic nitrogens is 6. The van der Waals surface area contributed by atoms with Gasteiger partial charge in [0.15, 0.2) is 42.5 Å². The molecule has 1 N–H and O–H groups in total. The molecule has 4 aromatic heterocycles. The SMILES string of the molecule is COc1cc(-c2cnc3[nH]cc(C(=O)C(=O)N(C)C)c3n2)cc(OC)c1OC.COc1cc(-c2cnc3c(n2)c(I)cn3[Si](C(C)C)(C(C)C)C(C)C)cc(OC)c1OC. The second kappa shape index (κ2) is 18.9. The summed E-state index contributed by atoms with van der Waals surface area (Å²) in [6.07, 6.45) is 7.13. The zero-order valence-corrected chi connectivity index (χ0v) is 39.8. The van der Waals surface area contributed by atoms with Crippen LogP contribution in [0.25, 0.3) is 44.8 Å². The number of carbonyl (C=O) groups excluding carboxylic acids is 2. The van der Waals surface area contributed by atoms with Crippen LogP contribution in [0, 0.1) is 3.57 Å². The molecule has 0 unspecified atom stereocenters. The number of carbonyl (C=O) groups is 2. The number of hydrogen-bond donors (Lipinski definition) is 1. The summed E-state index contributed by atoms with van der Waals surface area (Å²) in [6.45, 7) is 14.2. The second-order valence-corrected chi connectivity index (χ2v) is 22.0. The molecule has 15 nitrogen and oxygen atoms in total. The van der Waals surface area contributed by atoms with Crippen molar-refractivity contribution in [2.75, 3.05) is 56.8 Å². The van der Waals surface area contributed by atoms with Gasteiger partial charge in [-0.25, -0.2) is 19.9 Å². The van der Waals surface area contributed by atoms with Gasteiger partial charge in [-0.1, -0.05) is 41.5 Å². The van der Waals surface area contributed by atoms with Crippen molar-refractivity contribution >= 4 is 64.8 Å². The molecule has 0 aliphatic heterocycles. The summed E-state index contributed by atoms with van der Waals surface area (Å²) in [5.74, 6) is 1.85. The lowest BCUT2D eigenvalue weighted by atomic mass is 10.1. The third-order valence-electron chi connectivity index (χ3n) is 10.8. The van der Waals surface area contributed by atoms with Crippen molar-refractivity contribution in [1.82, 2.24) is 34.1 Å². The maximum atomic E-state index is 12.5. The van der Waals surface area contributed by atoms with Crippen LogP contribution in [0.4, 0.5) is 0 Å². The van der Waals surface area contributed by atoms with Gasteiger partial charge in [-0.3, -0.25) is 9.59 Å². The molecule has 6 rings (SSSR count). The topological polar surface area (TPSA) is 165 Å². The van der Waals surface area contributed by atoms with Crippen molar-refractivity contribution in [3.8, 4) is 57.0 Å². The average molecular weight is 952 g/mol. The fourth-order valence-corrected chi connectivity index (χ4v) is 15.7. The van der Waals surface area contributed by atoms with E-state index in [4.69, 9.17) is 38.4 Å². The van der Waals surface area contributed by atoms with Crippen LogP contribution in [0.1, 0.15) is 51.9 Å². The molecule has 60 heavy (non-hydrogen) atoms. The number of fused-ring (bicyclic) bond motifs is 2. The Hall–Kier alpha value is -5.43. The number of methoxy groups -OCH3 is 6. The number of ketones is 1. The molecule has 0 aliphatic carbocycles. The molecule has 6 aromatic rings. The fourth-order valence-electron chi connectivity index (χ4n) is 8.20. The monoisotopic (exact) mass is 951 g/mol. The van der Waals surface area contributed by atoms with Crippen LogP contribution in [-0.2, 0) is 4.79 Å². The van der Waals surface area contributed by atoms with Gasteiger partial charge in [0.25, 0.3) is 11.7 Å². The highest BCUT2D eigenvalue weighted by Gasteiger charge is 2.46. The molecule has 0 fully saturated rings. The molecular formula is C43H54IN7O8Si. The van der Waals surface area contributed by atoms with Gasteiger partial charge in [0.05, 0.1) is 75.6 Å². The molecule has 2 aromatic carbocycles. The van der Waals surface area contributed by atoms with E-state index >= 15 is 0 Å². The normalized spacial score (nSPS) is 11.5. The van der Waals surface area contributed by atoms with Gasteiger partial charge in [-0.05, 0) is 63.5 Å². The quantitative estimate of drug-likeness (QED) is 0.0479. The molecule has 0 radical (unpaired) electrons. The number of H-pyrrole nitrogens is 1. The molecule has 17 heteroatoms. The Labute approximate surface area is 365 Å². The van der Waals surface area contributed by atoms with E-state index < -0.39 is 19.9 Å². The summed E-state index contributed by atoms with van der Waals surface area (Å²) < 4.78 is 36.2. The Balaban J connectivity index is 0.000000230. The zero-order valence-electron chi connectivity index (χ0n) is 36.7. The van der Waals surface area contributed by atoms with Crippen molar-refractivity contribution in [2.24, 2.45) is 0 Å². The molecule has 0 spiro atoms. The van der Waals surface area contributed by atoms with Crippen LogP contribution < -0.4 is 28.4 Å². The number of benzene rings is 2. The third kappa shape index (κ3) is 8.33. The predicted octanol–water partition coefficient (Wildman–Crippen LogP) is 8.67. The standard InChI is InChI=1S/C24H34IN3O3Si.C19H20N4O5/c1-14(2)32(15(3)4,16(5)6)28-13-18(25)22-24(28)26-12-19(27-22)17-10-20(29-7)23(31-9)21(11-17)30-8;1-23(2)19(25)16(24)11-8-20-18-15(11)22-12(9-21-18)10-6-13(26-3)17(28-5)14(7-10)27-4/h10-16H,1-9H3;6-9H,1-5H3,(H,20,21). The summed E-state index contributed by atoms with van der Waals surface area (Å²) in [6, 6.07) is 7.29. The van der Waals surface area contributed by atoms with Crippen molar-refractivity contribution in [2.45, 2.75) is 58.2 Å². The number of rotatable bonds is 14. The van der Waals surface area contributed by atoms with E-state index in [0.29, 0.717) is 73.5 Å². The van der Waals surface area contributed by atoms with E-state index in [1.807, 2.05) is 18.3 Å². The summed E-state index contributed by atoms with van der Waals surface area (Å²) >= 11 is 2.39. The van der Waals surface area contributed by atoms with E-state index in [1.165, 1.54) is 46.5 Å². The zero-order chi connectivity index (χ0) is 44.2. The highest BCUT2D eigenvalue weighted by molar-refractivity contribution is 14.1. The number of hydrogen-bond acceptors (Lipinski definition) is 12. The molecule has 1 amide bonds. The van der Waals surface area contributed by atoms with Gasteiger partial charge in [0, 0.05) is 37.6 Å². The number of likely N-dealkylation sites (N-methyl/N-ethyl adjacent to an activating group) is 1. The van der Waals surface area contributed by atoms with E-state index in [1.54, 1.807) is 39.7 Å². The van der Waals surface area contributed by atoms with Crippen molar-refractivity contribution in [1.29, 1.82) is 0 Å².